The average molecular weight is 566 g/mol. The van der Waals surface area contributed by atoms with Gasteiger partial charge in [0.25, 0.3) is 0 Å². The molecule has 0 radical (unpaired) electrons. The van der Waals surface area contributed by atoms with Gasteiger partial charge in [-0.05, 0) is 63.3 Å². The number of aliphatic hydroxyl groups is 1. The van der Waals surface area contributed by atoms with Gasteiger partial charge in [0.1, 0.15) is 0 Å². The summed E-state index contributed by atoms with van der Waals surface area (Å²) in [6.45, 7) is 6.20. The molecular weight excluding hydrogens is 528 g/mol. The van der Waals surface area contributed by atoms with Crippen LogP contribution in [0, 0.1) is 17.6 Å². The van der Waals surface area contributed by atoms with Gasteiger partial charge in [0, 0.05) is 48.7 Å². The Hall–Kier alpha value is -3.73. The number of hydrogen-bond acceptors (Lipinski definition) is 7. The van der Waals surface area contributed by atoms with Gasteiger partial charge in [0.15, 0.2) is 11.6 Å². The molecule has 3 heterocycles. The first-order chi connectivity index (χ1) is 19.4. The zero-order chi connectivity index (χ0) is 29.6. The second-order valence-electron chi connectivity index (χ2n) is 11.3. The normalized spacial score (nSPS) is 16.2. The van der Waals surface area contributed by atoms with Gasteiger partial charge in [-0.3, -0.25) is 4.98 Å². The summed E-state index contributed by atoms with van der Waals surface area (Å²) in [5.41, 5.74) is 9.88. The lowest BCUT2D eigenvalue weighted by molar-refractivity contribution is 0.0547. The van der Waals surface area contributed by atoms with Crippen molar-refractivity contribution in [2.45, 2.75) is 45.3 Å². The Labute approximate surface area is 238 Å². The number of methoxy groups -OCH3 is 1. The third-order valence-electron chi connectivity index (χ3n) is 7.95. The highest BCUT2D eigenvalue weighted by Crippen LogP contribution is 2.43. The number of fused-ring (bicyclic) bond motifs is 3. The quantitative estimate of drug-likeness (QED) is 0.209. The first-order valence-electron chi connectivity index (χ1n) is 13.6. The first-order valence-corrected chi connectivity index (χ1v) is 13.6. The summed E-state index contributed by atoms with van der Waals surface area (Å²) in [5.74, 6) is 3.91. The number of ether oxygens (including phenoxy) is 2. The SMILES string of the molecule is COc1ccc(C(C2CCOCC2)n2c3cc(C(C)(C)O)ccc3c3ncc(/C(=C(\C)N)N(C)N)cc32)c(F)c1F. The van der Waals surface area contributed by atoms with Gasteiger partial charge in [-0.25, -0.2) is 10.2 Å². The fourth-order valence-corrected chi connectivity index (χ4v) is 5.99. The number of hydrazine groups is 1. The van der Waals surface area contributed by atoms with Crippen molar-refractivity contribution >= 4 is 27.6 Å². The fraction of sp³-hybridized carbons (Fsp3) is 0.387. The monoisotopic (exact) mass is 565 g/mol. The lowest BCUT2D eigenvalue weighted by Crippen LogP contribution is -2.28. The molecule has 1 aliphatic rings. The molecule has 4 aromatic rings. The van der Waals surface area contributed by atoms with Gasteiger partial charge in [-0.1, -0.05) is 18.2 Å². The smallest absolute Gasteiger partial charge is 0.200 e. The van der Waals surface area contributed by atoms with Gasteiger partial charge < -0.3 is 29.9 Å². The zero-order valence-electron chi connectivity index (χ0n) is 24.0. The molecule has 5 rings (SSSR count). The van der Waals surface area contributed by atoms with E-state index in [0.717, 1.165) is 10.9 Å². The van der Waals surface area contributed by atoms with Crippen molar-refractivity contribution in [3.8, 4) is 5.75 Å². The van der Waals surface area contributed by atoms with Gasteiger partial charge >= 0.3 is 0 Å². The molecule has 0 aliphatic carbocycles. The molecule has 10 heteroatoms. The lowest BCUT2D eigenvalue weighted by atomic mass is 9.86. The summed E-state index contributed by atoms with van der Waals surface area (Å²) < 4.78 is 43.9. The van der Waals surface area contributed by atoms with Crippen LogP contribution >= 0.6 is 0 Å². The van der Waals surface area contributed by atoms with Crippen molar-refractivity contribution < 1.29 is 23.4 Å². The average Bonchev–Trinajstić information content (AvgIpc) is 3.24. The molecule has 1 unspecified atom stereocenters. The van der Waals surface area contributed by atoms with E-state index in [-0.39, 0.29) is 17.2 Å². The van der Waals surface area contributed by atoms with E-state index in [1.807, 2.05) is 28.8 Å². The van der Waals surface area contributed by atoms with E-state index in [9.17, 15) is 5.11 Å². The maximum absolute atomic E-state index is 15.9. The highest BCUT2D eigenvalue weighted by atomic mass is 19.2. The molecule has 8 nitrogen and oxygen atoms in total. The molecule has 41 heavy (non-hydrogen) atoms. The van der Waals surface area contributed by atoms with Crippen molar-refractivity contribution in [3.63, 3.8) is 0 Å². The lowest BCUT2D eigenvalue weighted by Gasteiger charge is -2.33. The van der Waals surface area contributed by atoms with E-state index < -0.39 is 23.3 Å². The van der Waals surface area contributed by atoms with E-state index in [4.69, 9.17) is 26.0 Å². The Morgan fingerprint density at radius 1 is 1.15 bits per heavy atom. The van der Waals surface area contributed by atoms with Crippen molar-refractivity contribution in [1.29, 1.82) is 0 Å². The van der Waals surface area contributed by atoms with Crippen LogP contribution in [0.25, 0.3) is 27.6 Å². The van der Waals surface area contributed by atoms with Crippen LogP contribution in [0.4, 0.5) is 8.78 Å². The van der Waals surface area contributed by atoms with E-state index in [1.54, 1.807) is 40.1 Å². The molecule has 1 aliphatic heterocycles. The molecule has 0 saturated carbocycles. The molecule has 0 spiro atoms. The zero-order valence-corrected chi connectivity index (χ0v) is 24.0. The van der Waals surface area contributed by atoms with Crippen LogP contribution in [0.2, 0.25) is 0 Å². The topological polar surface area (TPSA) is 112 Å². The molecule has 1 saturated heterocycles. The van der Waals surface area contributed by atoms with Gasteiger partial charge in [-0.2, -0.15) is 4.39 Å². The molecule has 5 N–H and O–H groups in total. The first kappa shape index (κ1) is 28.8. The van der Waals surface area contributed by atoms with Gasteiger partial charge in [0.05, 0.1) is 41.0 Å². The highest BCUT2D eigenvalue weighted by Gasteiger charge is 2.34. The number of halogens is 2. The molecule has 2 aromatic heterocycles. The summed E-state index contributed by atoms with van der Waals surface area (Å²) in [7, 11) is 3.01. The maximum atomic E-state index is 15.9. The van der Waals surface area contributed by atoms with E-state index in [2.05, 4.69) is 0 Å². The Bertz CT molecular complexity index is 1630. The van der Waals surface area contributed by atoms with E-state index in [1.165, 1.54) is 18.2 Å². The summed E-state index contributed by atoms with van der Waals surface area (Å²) in [4.78, 5) is 4.83. The number of allylic oxidation sites excluding steroid dienone is 1. The fourth-order valence-electron chi connectivity index (χ4n) is 5.99. The van der Waals surface area contributed by atoms with Crippen LogP contribution in [0.15, 0.2) is 48.3 Å². The van der Waals surface area contributed by atoms with Gasteiger partial charge in [0.2, 0.25) is 5.82 Å². The molecule has 0 bridgehead atoms. The van der Waals surface area contributed by atoms with Crippen LogP contribution in [-0.2, 0) is 10.3 Å². The third-order valence-corrected chi connectivity index (χ3v) is 7.95. The number of nitrogens with two attached hydrogens (primary N) is 2. The van der Waals surface area contributed by atoms with Crippen LogP contribution in [-0.4, -0.2) is 47.0 Å². The number of pyridine rings is 1. The standard InChI is InChI=1S/C31H37F2N5O3/c1-17(34)29(37(4)35)19-14-24-28(36-16-19)21-7-6-20(31(2,3)39)15-23(21)38(24)30(18-10-12-41-13-11-18)22-8-9-25(40-5)27(33)26(22)32/h6-9,14-16,18,30,39H,10-13,34-35H2,1-5H3/b29-17-. The van der Waals surface area contributed by atoms with Crippen LogP contribution in [0.5, 0.6) is 5.75 Å². The molecule has 2 aromatic carbocycles. The minimum absolute atomic E-state index is 0.0808. The van der Waals surface area contributed by atoms with Crippen molar-refractivity contribution in [2.24, 2.45) is 17.5 Å². The Kier molecular flexibility index (Phi) is 7.67. The number of nitrogens with zero attached hydrogens (tertiary/aromatic N) is 3. The van der Waals surface area contributed by atoms with E-state index >= 15 is 8.78 Å². The highest BCUT2D eigenvalue weighted by molar-refractivity contribution is 6.06. The number of aromatic nitrogens is 2. The predicted molar refractivity (Wildman–Crippen MR) is 156 cm³/mol. The second-order valence-corrected chi connectivity index (χ2v) is 11.3. The van der Waals surface area contributed by atoms with Gasteiger partial charge in [-0.15, -0.1) is 0 Å². The van der Waals surface area contributed by atoms with Crippen molar-refractivity contribution in [2.75, 3.05) is 27.4 Å². The minimum Gasteiger partial charge on any atom is -0.494 e. The van der Waals surface area contributed by atoms with Crippen molar-refractivity contribution in [1.82, 2.24) is 14.6 Å². The summed E-state index contributed by atoms with van der Waals surface area (Å²) in [6.07, 6.45) is 3.01. The Balaban J connectivity index is 1.91. The number of rotatable bonds is 7. The Morgan fingerprint density at radius 3 is 2.46 bits per heavy atom. The number of benzene rings is 2. The summed E-state index contributed by atoms with van der Waals surface area (Å²) in [6, 6.07) is 10.1. The predicted octanol–water partition coefficient (Wildman–Crippen LogP) is 5.17. The van der Waals surface area contributed by atoms with Crippen LogP contribution < -0.4 is 16.3 Å². The molecule has 1 atom stereocenters. The van der Waals surface area contributed by atoms with E-state index in [0.29, 0.717) is 59.6 Å². The van der Waals surface area contributed by atoms with Crippen LogP contribution in [0.3, 0.4) is 0 Å². The molecule has 0 amide bonds. The summed E-state index contributed by atoms with van der Waals surface area (Å²) >= 11 is 0. The molecule has 1 fully saturated rings. The minimum atomic E-state index is -1.13. The van der Waals surface area contributed by atoms with Crippen molar-refractivity contribution in [3.05, 3.63) is 76.6 Å². The van der Waals surface area contributed by atoms with Crippen LogP contribution in [0.1, 0.15) is 56.3 Å². The molecular formula is C31H37F2N5O3. The number of hydrogen-bond donors (Lipinski definition) is 3. The Morgan fingerprint density at radius 2 is 1.85 bits per heavy atom. The largest absolute Gasteiger partial charge is 0.494 e. The third kappa shape index (κ3) is 5.11. The molecule has 218 valence electrons. The summed E-state index contributed by atoms with van der Waals surface area (Å²) in [5, 5.41) is 13.1. The maximum Gasteiger partial charge on any atom is 0.200 e. The second kappa shape index (κ2) is 10.9.